The summed E-state index contributed by atoms with van der Waals surface area (Å²) in [7, 11) is 0. The van der Waals surface area contributed by atoms with Crippen LogP contribution in [0.15, 0.2) is 18.2 Å². The van der Waals surface area contributed by atoms with Gasteiger partial charge in [-0.15, -0.1) is 0 Å². The molecule has 0 bridgehead atoms. The van der Waals surface area contributed by atoms with Gasteiger partial charge in [0.1, 0.15) is 0 Å². The molecule has 4 heteroatoms. The highest BCUT2D eigenvalue weighted by Gasteiger charge is 2.26. The fourth-order valence-electron chi connectivity index (χ4n) is 2.93. The molecule has 1 aliphatic heterocycles. The molecular formula is C16H20N2O2. The molecule has 0 amide bonds. The van der Waals surface area contributed by atoms with Crippen molar-refractivity contribution in [2.45, 2.75) is 38.3 Å². The van der Waals surface area contributed by atoms with Gasteiger partial charge in [0.2, 0.25) is 0 Å². The van der Waals surface area contributed by atoms with Gasteiger partial charge in [-0.3, -0.25) is 0 Å². The van der Waals surface area contributed by atoms with E-state index in [1.165, 1.54) is 5.56 Å². The van der Waals surface area contributed by atoms with Crippen LogP contribution in [0.25, 0.3) is 0 Å². The first-order valence-electron chi connectivity index (χ1n) is 7.38. The molecule has 2 atom stereocenters. The van der Waals surface area contributed by atoms with Crippen molar-refractivity contribution in [2.24, 2.45) is 5.92 Å². The number of hydrogen-bond acceptors (Lipinski definition) is 4. The lowest BCUT2D eigenvalue weighted by Gasteiger charge is -2.16. The standard InChI is InChI=1S/C16H20N2O2/c17-10-13-3-1-4-14(13)18-11-12-5-6-15-16(9-12)20-8-2-7-19-15/h5-6,9,13-14,18H,1-4,7-8,11H2. The Morgan fingerprint density at radius 3 is 2.85 bits per heavy atom. The summed E-state index contributed by atoms with van der Waals surface area (Å²) in [5.41, 5.74) is 1.18. The zero-order valence-corrected chi connectivity index (χ0v) is 11.6. The molecule has 1 aliphatic carbocycles. The van der Waals surface area contributed by atoms with Gasteiger partial charge in [-0.1, -0.05) is 12.5 Å². The van der Waals surface area contributed by atoms with Gasteiger partial charge in [-0.25, -0.2) is 0 Å². The number of benzene rings is 1. The third-order valence-electron chi connectivity index (χ3n) is 4.06. The Morgan fingerprint density at radius 1 is 1.15 bits per heavy atom. The highest BCUT2D eigenvalue weighted by atomic mass is 16.5. The maximum Gasteiger partial charge on any atom is 0.161 e. The molecule has 0 radical (unpaired) electrons. The molecule has 2 unspecified atom stereocenters. The van der Waals surface area contributed by atoms with E-state index < -0.39 is 0 Å². The van der Waals surface area contributed by atoms with Crippen LogP contribution in [0.1, 0.15) is 31.2 Å². The summed E-state index contributed by atoms with van der Waals surface area (Å²) in [6, 6.07) is 8.82. The summed E-state index contributed by atoms with van der Waals surface area (Å²) in [6.45, 7) is 2.21. The molecule has 106 valence electrons. The number of ether oxygens (including phenoxy) is 2. The average molecular weight is 272 g/mol. The average Bonchev–Trinajstić information content (AvgIpc) is 2.81. The van der Waals surface area contributed by atoms with E-state index >= 15 is 0 Å². The molecule has 1 heterocycles. The van der Waals surface area contributed by atoms with E-state index in [4.69, 9.17) is 14.7 Å². The molecule has 0 spiro atoms. The normalized spacial score (nSPS) is 24.9. The third kappa shape index (κ3) is 2.88. The Morgan fingerprint density at radius 2 is 2.00 bits per heavy atom. The Labute approximate surface area is 119 Å². The van der Waals surface area contributed by atoms with Gasteiger partial charge in [0.15, 0.2) is 11.5 Å². The minimum absolute atomic E-state index is 0.162. The largest absolute Gasteiger partial charge is 0.490 e. The number of hydrogen-bond donors (Lipinski definition) is 1. The van der Waals surface area contributed by atoms with Crippen molar-refractivity contribution in [3.63, 3.8) is 0 Å². The zero-order chi connectivity index (χ0) is 13.8. The van der Waals surface area contributed by atoms with Gasteiger partial charge in [0, 0.05) is 19.0 Å². The van der Waals surface area contributed by atoms with Crippen molar-refractivity contribution >= 4 is 0 Å². The van der Waals surface area contributed by atoms with E-state index in [-0.39, 0.29) is 5.92 Å². The second kappa shape index (κ2) is 6.15. The molecule has 1 saturated carbocycles. The van der Waals surface area contributed by atoms with Crippen LogP contribution in [0.4, 0.5) is 0 Å². The highest BCUT2D eigenvalue weighted by Crippen LogP contribution is 2.31. The molecule has 1 aromatic carbocycles. The molecular weight excluding hydrogens is 252 g/mol. The van der Waals surface area contributed by atoms with Crippen LogP contribution in [-0.4, -0.2) is 19.3 Å². The SMILES string of the molecule is N#CC1CCCC1NCc1ccc2c(c1)OCCCO2. The molecule has 1 aromatic rings. The monoisotopic (exact) mass is 272 g/mol. The highest BCUT2D eigenvalue weighted by molar-refractivity contribution is 5.43. The zero-order valence-electron chi connectivity index (χ0n) is 11.6. The smallest absolute Gasteiger partial charge is 0.161 e. The van der Waals surface area contributed by atoms with E-state index in [2.05, 4.69) is 17.5 Å². The maximum absolute atomic E-state index is 9.10. The second-order valence-corrected chi connectivity index (χ2v) is 5.49. The van der Waals surface area contributed by atoms with Gasteiger partial charge in [-0.2, -0.15) is 5.26 Å². The summed E-state index contributed by atoms with van der Waals surface area (Å²) in [5.74, 6) is 1.84. The summed E-state index contributed by atoms with van der Waals surface area (Å²) >= 11 is 0. The second-order valence-electron chi connectivity index (χ2n) is 5.49. The first kappa shape index (κ1) is 13.3. The number of nitriles is 1. The first-order chi connectivity index (χ1) is 9.86. The lowest BCUT2D eigenvalue weighted by Crippen LogP contribution is -2.31. The summed E-state index contributed by atoms with van der Waals surface area (Å²) < 4.78 is 11.3. The molecule has 0 saturated heterocycles. The Kier molecular flexibility index (Phi) is 4.08. The number of nitrogens with one attached hydrogen (secondary N) is 1. The molecule has 1 N–H and O–H groups in total. The van der Waals surface area contributed by atoms with Crippen molar-refractivity contribution in [1.82, 2.24) is 5.32 Å². The van der Waals surface area contributed by atoms with Crippen LogP contribution in [0.2, 0.25) is 0 Å². The van der Waals surface area contributed by atoms with Gasteiger partial charge in [0.05, 0.1) is 25.2 Å². The number of rotatable bonds is 3. The lowest BCUT2D eigenvalue weighted by molar-refractivity contribution is 0.297. The predicted octanol–water partition coefficient (Wildman–Crippen LogP) is 2.63. The van der Waals surface area contributed by atoms with Crippen molar-refractivity contribution in [3.05, 3.63) is 23.8 Å². The summed E-state index contributed by atoms with van der Waals surface area (Å²) in [6.07, 6.45) is 4.20. The Bertz CT molecular complexity index is 510. The summed E-state index contributed by atoms with van der Waals surface area (Å²) in [5, 5.41) is 12.6. The summed E-state index contributed by atoms with van der Waals surface area (Å²) in [4.78, 5) is 0. The van der Waals surface area contributed by atoms with Crippen LogP contribution < -0.4 is 14.8 Å². The number of nitrogens with zero attached hydrogens (tertiary/aromatic N) is 1. The van der Waals surface area contributed by atoms with E-state index in [0.29, 0.717) is 12.6 Å². The third-order valence-corrected chi connectivity index (χ3v) is 4.06. The molecule has 2 aliphatic rings. The van der Waals surface area contributed by atoms with Gasteiger partial charge in [0.25, 0.3) is 0 Å². The Hall–Kier alpha value is -1.73. The van der Waals surface area contributed by atoms with Crippen LogP contribution in [0.3, 0.4) is 0 Å². The molecule has 1 fully saturated rings. The maximum atomic E-state index is 9.10. The fraction of sp³-hybridized carbons (Fsp3) is 0.562. The molecule has 0 aromatic heterocycles. The number of fused-ring (bicyclic) bond motifs is 1. The van der Waals surface area contributed by atoms with Crippen molar-refractivity contribution in [2.75, 3.05) is 13.2 Å². The van der Waals surface area contributed by atoms with Crippen molar-refractivity contribution in [3.8, 4) is 17.6 Å². The first-order valence-corrected chi connectivity index (χ1v) is 7.38. The van der Waals surface area contributed by atoms with Gasteiger partial charge in [-0.05, 0) is 30.5 Å². The van der Waals surface area contributed by atoms with E-state index in [1.54, 1.807) is 0 Å². The minimum atomic E-state index is 0.162. The Balaban J connectivity index is 1.63. The van der Waals surface area contributed by atoms with Gasteiger partial charge < -0.3 is 14.8 Å². The fourth-order valence-corrected chi connectivity index (χ4v) is 2.93. The van der Waals surface area contributed by atoms with Crippen LogP contribution in [-0.2, 0) is 6.54 Å². The molecule has 4 nitrogen and oxygen atoms in total. The van der Waals surface area contributed by atoms with E-state index in [1.807, 2.05) is 12.1 Å². The van der Waals surface area contributed by atoms with Crippen molar-refractivity contribution < 1.29 is 9.47 Å². The van der Waals surface area contributed by atoms with Gasteiger partial charge >= 0.3 is 0 Å². The van der Waals surface area contributed by atoms with E-state index in [0.717, 1.165) is 50.3 Å². The minimum Gasteiger partial charge on any atom is -0.490 e. The van der Waals surface area contributed by atoms with Crippen LogP contribution in [0.5, 0.6) is 11.5 Å². The molecule has 3 rings (SSSR count). The molecule has 20 heavy (non-hydrogen) atoms. The van der Waals surface area contributed by atoms with E-state index in [9.17, 15) is 0 Å². The van der Waals surface area contributed by atoms with Crippen LogP contribution >= 0.6 is 0 Å². The lowest BCUT2D eigenvalue weighted by atomic mass is 10.1. The quantitative estimate of drug-likeness (QED) is 0.919. The topological polar surface area (TPSA) is 54.3 Å². The van der Waals surface area contributed by atoms with Crippen LogP contribution in [0, 0.1) is 17.2 Å². The van der Waals surface area contributed by atoms with Crippen molar-refractivity contribution in [1.29, 1.82) is 5.26 Å². The predicted molar refractivity (Wildman–Crippen MR) is 75.6 cm³/mol.